The highest BCUT2D eigenvalue weighted by molar-refractivity contribution is 6.35. The van der Waals surface area contributed by atoms with Gasteiger partial charge in [0.25, 0.3) is 0 Å². The van der Waals surface area contributed by atoms with Gasteiger partial charge >= 0.3 is 0 Å². The maximum atomic E-state index is 6.58. The topological polar surface area (TPSA) is 41.1 Å². The Morgan fingerprint density at radius 1 is 1.06 bits per heavy atom. The Morgan fingerprint density at radius 2 is 1.78 bits per heavy atom. The summed E-state index contributed by atoms with van der Waals surface area (Å²) in [5.74, 6) is 2.31. The highest BCUT2D eigenvalue weighted by Crippen LogP contribution is 2.34. The molecule has 0 saturated carbocycles. The van der Waals surface area contributed by atoms with Gasteiger partial charge in [-0.05, 0) is 95.1 Å². The van der Waals surface area contributed by atoms with Crippen molar-refractivity contribution in [1.82, 2.24) is 14.9 Å². The first-order valence-corrected chi connectivity index (χ1v) is 12.2. The third-order valence-corrected chi connectivity index (χ3v) is 6.83. The van der Waals surface area contributed by atoms with E-state index in [2.05, 4.69) is 16.9 Å². The van der Waals surface area contributed by atoms with Crippen LogP contribution in [0.4, 0.5) is 0 Å². The molecule has 1 aliphatic heterocycles. The number of benzene rings is 2. The fraction of sp³-hybridized carbons (Fsp3) is 0.400. The van der Waals surface area contributed by atoms with Crippen molar-refractivity contribution in [3.05, 3.63) is 57.2 Å². The monoisotopic (exact) mass is 491 g/mol. The van der Waals surface area contributed by atoms with Gasteiger partial charge in [-0.25, -0.2) is 4.98 Å². The molecule has 170 valence electrons. The van der Waals surface area contributed by atoms with Crippen LogP contribution in [0.2, 0.25) is 15.1 Å². The van der Waals surface area contributed by atoms with E-state index in [4.69, 9.17) is 44.5 Å². The predicted octanol–water partition coefficient (Wildman–Crippen LogP) is 7.51. The summed E-state index contributed by atoms with van der Waals surface area (Å²) in [7, 11) is 2.20. The number of H-pyrrole nitrogens is 1. The predicted molar refractivity (Wildman–Crippen MR) is 134 cm³/mol. The quantitative estimate of drug-likeness (QED) is 0.347. The lowest BCUT2D eigenvalue weighted by atomic mass is 9.93. The van der Waals surface area contributed by atoms with Crippen molar-refractivity contribution in [2.24, 2.45) is 5.92 Å². The van der Waals surface area contributed by atoms with Crippen molar-refractivity contribution in [3.8, 4) is 28.4 Å². The van der Waals surface area contributed by atoms with Gasteiger partial charge in [-0.15, -0.1) is 0 Å². The van der Waals surface area contributed by atoms with Crippen LogP contribution >= 0.6 is 34.8 Å². The molecule has 32 heavy (non-hydrogen) atoms. The lowest BCUT2D eigenvalue weighted by Gasteiger charge is -2.28. The maximum absolute atomic E-state index is 6.58. The first kappa shape index (κ1) is 23.4. The van der Waals surface area contributed by atoms with E-state index < -0.39 is 0 Å². The Kier molecular flexibility index (Phi) is 7.67. The number of piperidine rings is 1. The number of hydrogen-bond donors (Lipinski definition) is 1. The number of ether oxygens (including phenoxy) is 1. The highest BCUT2D eigenvalue weighted by Gasteiger charge is 2.17. The standard InChI is InChI=1S/C25H28Cl3N3O/c1-16-24(18-12-19(26)14-20(27)13-18)30-25(29-16)22-6-5-21(15-23(22)28)32-11-3-4-17-7-9-31(2)10-8-17/h5-6,12-15,17H,3-4,7-11H2,1-2H3,(H,29,30). The molecule has 7 heteroatoms. The fourth-order valence-corrected chi connectivity index (χ4v) is 5.04. The third kappa shape index (κ3) is 5.79. The van der Waals surface area contributed by atoms with Gasteiger partial charge in [0, 0.05) is 26.9 Å². The third-order valence-electron chi connectivity index (χ3n) is 6.08. The van der Waals surface area contributed by atoms with Crippen molar-refractivity contribution >= 4 is 34.8 Å². The average molecular weight is 493 g/mol. The van der Waals surface area contributed by atoms with Crippen LogP contribution in [-0.4, -0.2) is 41.6 Å². The molecule has 1 aromatic heterocycles. The van der Waals surface area contributed by atoms with Crippen molar-refractivity contribution in [2.45, 2.75) is 32.6 Å². The van der Waals surface area contributed by atoms with Gasteiger partial charge in [-0.1, -0.05) is 34.8 Å². The first-order chi connectivity index (χ1) is 15.4. The van der Waals surface area contributed by atoms with Crippen LogP contribution < -0.4 is 4.74 Å². The molecule has 4 nitrogen and oxygen atoms in total. The molecule has 0 amide bonds. The van der Waals surface area contributed by atoms with Gasteiger partial charge in [0.1, 0.15) is 11.6 Å². The molecule has 0 bridgehead atoms. The molecular weight excluding hydrogens is 465 g/mol. The van der Waals surface area contributed by atoms with Gasteiger partial charge in [0.15, 0.2) is 0 Å². The van der Waals surface area contributed by atoms with Crippen molar-refractivity contribution < 1.29 is 4.74 Å². The number of likely N-dealkylation sites (tertiary alicyclic amines) is 1. The molecule has 2 heterocycles. The molecule has 0 aliphatic carbocycles. The van der Waals surface area contributed by atoms with Crippen LogP contribution in [0.25, 0.3) is 22.6 Å². The van der Waals surface area contributed by atoms with E-state index in [0.29, 0.717) is 27.5 Å². The van der Waals surface area contributed by atoms with Crippen molar-refractivity contribution in [3.63, 3.8) is 0 Å². The molecular formula is C25H28Cl3N3O. The number of halogens is 3. The number of nitrogens with one attached hydrogen (secondary N) is 1. The largest absolute Gasteiger partial charge is 0.494 e. The number of aryl methyl sites for hydroxylation is 1. The molecule has 3 aromatic rings. The highest BCUT2D eigenvalue weighted by atomic mass is 35.5. The van der Waals surface area contributed by atoms with Crippen LogP contribution in [0.1, 0.15) is 31.4 Å². The normalized spacial score (nSPS) is 15.3. The second-order valence-electron chi connectivity index (χ2n) is 8.60. The number of hydrogen-bond acceptors (Lipinski definition) is 3. The van der Waals surface area contributed by atoms with Crippen LogP contribution in [0.15, 0.2) is 36.4 Å². The lowest BCUT2D eigenvalue weighted by molar-refractivity contribution is 0.200. The van der Waals surface area contributed by atoms with E-state index in [1.54, 1.807) is 6.07 Å². The molecule has 2 aromatic carbocycles. The minimum absolute atomic E-state index is 0.576. The van der Waals surface area contributed by atoms with E-state index in [1.165, 1.54) is 32.4 Å². The summed E-state index contributed by atoms with van der Waals surface area (Å²) in [5.41, 5.74) is 3.41. The summed E-state index contributed by atoms with van der Waals surface area (Å²) in [6.45, 7) is 5.10. The smallest absolute Gasteiger partial charge is 0.139 e. The maximum Gasteiger partial charge on any atom is 0.139 e. The Morgan fingerprint density at radius 3 is 2.47 bits per heavy atom. The molecule has 1 saturated heterocycles. The number of imidazole rings is 1. The minimum Gasteiger partial charge on any atom is -0.494 e. The Balaban J connectivity index is 1.39. The van der Waals surface area contributed by atoms with Crippen molar-refractivity contribution in [1.29, 1.82) is 0 Å². The zero-order valence-corrected chi connectivity index (χ0v) is 20.7. The second kappa shape index (κ2) is 10.5. The van der Waals surface area contributed by atoms with E-state index in [9.17, 15) is 0 Å². The molecule has 0 radical (unpaired) electrons. The van der Waals surface area contributed by atoms with Crippen LogP contribution in [0, 0.1) is 12.8 Å². The average Bonchev–Trinajstić information content (AvgIpc) is 3.13. The van der Waals surface area contributed by atoms with Gasteiger partial charge in [-0.3, -0.25) is 0 Å². The Hall–Kier alpha value is -1.72. The van der Waals surface area contributed by atoms with Crippen LogP contribution in [-0.2, 0) is 0 Å². The number of nitrogens with zero attached hydrogens (tertiary/aromatic N) is 2. The van der Waals surface area contributed by atoms with E-state index in [1.807, 2.05) is 37.3 Å². The zero-order chi connectivity index (χ0) is 22.7. The molecule has 0 spiro atoms. The molecule has 1 N–H and O–H groups in total. The number of aromatic amines is 1. The van der Waals surface area contributed by atoms with Gasteiger partial charge in [-0.2, -0.15) is 0 Å². The fourth-order valence-electron chi connectivity index (χ4n) is 4.25. The summed E-state index contributed by atoms with van der Waals surface area (Å²) >= 11 is 18.9. The van der Waals surface area contributed by atoms with Gasteiger partial charge in [0.05, 0.1) is 17.3 Å². The summed E-state index contributed by atoms with van der Waals surface area (Å²) < 4.78 is 5.96. The van der Waals surface area contributed by atoms with Crippen molar-refractivity contribution in [2.75, 3.05) is 26.7 Å². The second-order valence-corrected chi connectivity index (χ2v) is 9.88. The molecule has 0 unspecified atom stereocenters. The molecule has 4 rings (SSSR count). The summed E-state index contributed by atoms with van der Waals surface area (Å²) in [4.78, 5) is 10.5. The number of rotatable bonds is 7. The minimum atomic E-state index is 0.576. The van der Waals surface area contributed by atoms with Gasteiger partial charge in [0.2, 0.25) is 0 Å². The van der Waals surface area contributed by atoms with Gasteiger partial charge < -0.3 is 14.6 Å². The SMILES string of the molecule is Cc1[nH]c(-c2ccc(OCCCC3CCN(C)CC3)cc2Cl)nc1-c1cc(Cl)cc(Cl)c1. The summed E-state index contributed by atoms with van der Waals surface area (Å²) in [6, 6.07) is 11.2. The van der Waals surface area contributed by atoms with Crippen LogP contribution in [0.3, 0.4) is 0 Å². The van der Waals surface area contributed by atoms with E-state index in [-0.39, 0.29) is 0 Å². The van der Waals surface area contributed by atoms with Crippen LogP contribution in [0.5, 0.6) is 5.75 Å². The summed E-state index contributed by atoms with van der Waals surface area (Å²) in [5, 5.41) is 1.75. The first-order valence-electron chi connectivity index (χ1n) is 11.0. The summed E-state index contributed by atoms with van der Waals surface area (Å²) in [6.07, 6.45) is 4.88. The number of aromatic nitrogens is 2. The zero-order valence-electron chi connectivity index (χ0n) is 18.4. The Labute approximate surface area is 204 Å². The van der Waals surface area contributed by atoms with E-state index >= 15 is 0 Å². The van der Waals surface area contributed by atoms with E-state index in [0.717, 1.165) is 40.6 Å². The molecule has 1 fully saturated rings. The molecule has 1 aliphatic rings. The lowest BCUT2D eigenvalue weighted by Crippen LogP contribution is -2.30. The Bertz CT molecular complexity index is 1050. The molecule has 0 atom stereocenters.